The molecule has 0 fully saturated rings. The van der Waals surface area contributed by atoms with Gasteiger partial charge in [-0.15, -0.1) is 10.2 Å². The first-order valence-corrected chi connectivity index (χ1v) is 7.47. The molecule has 0 atom stereocenters. The molecule has 5 heteroatoms. The van der Waals surface area contributed by atoms with Gasteiger partial charge in [0.15, 0.2) is 6.19 Å². The first kappa shape index (κ1) is 14.5. The van der Waals surface area contributed by atoms with E-state index in [9.17, 15) is 5.26 Å². The van der Waals surface area contributed by atoms with E-state index in [1.807, 2.05) is 0 Å². The molecule has 0 bridgehead atoms. The van der Waals surface area contributed by atoms with E-state index in [2.05, 4.69) is 61.4 Å². The van der Waals surface area contributed by atoms with E-state index < -0.39 is 0 Å². The molecule has 0 aliphatic heterocycles. The molecule has 2 aromatic rings. The van der Waals surface area contributed by atoms with Gasteiger partial charge in [-0.2, -0.15) is 5.26 Å². The van der Waals surface area contributed by atoms with Gasteiger partial charge in [-0.1, -0.05) is 56.4 Å². The quantitative estimate of drug-likeness (QED) is 0.621. The monoisotopic (exact) mass is 286 g/mol. The Labute approximate surface area is 123 Å². The van der Waals surface area contributed by atoms with Gasteiger partial charge in [-0.3, -0.25) is 0 Å². The Bertz CT molecular complexity index is 581. The minimum atomic E-state index is 0.187. The van der Waals surface area contributed by atoms with E-state index in [1.165, 1.54) is 16.9 Å². The van der Waals surface area contributed by atoms with Crippen LogP contribution in [0.4, 0.5) is 5.13 Å². The summed E-state index contributed by atoms with van der Waals surface area (Å²) in [5, 5.41) is 17.5. The summed E-state index contributed by atoms with van der Waals surface area (Å²) in [7, 11) is 0. The van der Waals surface area contributed by atoms with Crippen molar-refractivity contribution in [3.05, 3.63) is 40.9 Å². The number of hydrogen-bond acceptors (Lipinski definition) is 5. The lowest BCUT2D eigenvalue weighted by Gasteiger charge is -2.23. The highest BCUT2D eigenvalue weighted by Crippen LogP contribution is 2.27. The highest BCUT2D eigenvalue weighted by molar-refractivity contribution is 7.13. The Morgan fingerprint density at radius 2 is 2.00 bits per heavy atom. The van der Waals surface area contributed by atoms with Crippen molar-refractivity contribution in [3.63, 3.8) is 0 Å². The molecule has 1 aromatic carbocycles. The van der Waals surface area contributed by atoms with Crippen LogP contribution in [0.2, 0.25) is 0 Å². The number of benzene rings is 1. The third kappa shape index (κ3) is 3.14. The zero-order chi connectivity index (χ0) is 14.6. The van der Waals surface area contributed by atoms with E-state index in [0.29, 0.717) is 11.7 Å². The highest BCUT2D eigenvalue weighted by atomic mass is 32.1. The number of anilines is 1. The van der Waals surface area contributed by atoms with Crippen molar-refractivity contribution < 1.29 is 0 Å². The average Bonchev–Trinajstić information content (AvgIpc) is 2.99. The van der Waals surface area contributed by atoms with Gasteiger partial charge in [0.05, 0.1) is 6.54 Å². The Kier molecular flexibility index (Phi) is 4.35. The van der Waals surface area contributed by atoms with Gasteiger partial charge < -0.3 is 0 Å². The van der Waals surface area contributed by atoms with Gasteiger partial charge in [0.1, 0.15) is 5.51 Å². The summed E-state index contributed by atoms with van der Waals surface area (Å²) in [6, 6.07) is 8.46. The molecular weight excluding hydrogens is 268 g/mol. The molecule has 20 heavy (non-hydrogen) atoms. The van der Waals surface area contributed by atoms with Crippen LogP contribution in [0, 0.1) is 11.5 Å². The second-order valence-electron chi connectivity index (χ2n) is 5.34. The topological polar surface area (TPSA) is 52.8 Å². The minimum absolute atomic E-state index is 0.187. The smallest absolute Gasteiger partial charge is 0.221 e. The maximum absolute atomic E-state index is 9.20. The normalized spacial score (nSPS) is 11.1. The molecule has 1 aromatic heterocycles. The average molecular weight is 286 g/mol. The number of nitriles is 1. The number of hydrogen-bond donors (Lipinski definition) is 0. The minimum Gasteiger partial charge on any atom is -0.249 e. The molecule has 0 saturated heterocycles. The molecule has 0 spiro atoms. The molecule has 0 radical (unpaired) electrons. The molecule has 104 valence electrons. The fourth-order valence-electron chi connectivity index (χ4n) is 1.88. The van der Waals surface area contributed by atoms with Gasteiger partial charge in [-0.25, -0.2) is 4.90 Å². The standard InChI is InChI=1S/C15H18N4S/c1-4-15(2,3)13-7-5-12(6-8-13)9-19(10-16)14-18-17-11-20-14/h5-8,11H,4,9H2,1-3H3. The van der Waals surface area contributed by atoms with Crippen LogP contribution in [0.15, 0.2) is 29.8 Å². The van der Waals surface area contributed by atoms with E-state index in [1.54, 1.807) is 10.4 Å². The van der Waals surface area contributed by atoms with E-state index in [4.69, 9.17) is 0 Å². The van der Waals surface area contributed by atoms with Crippen molar-refractivity contribution in [1.29, 1.82) is 5.26 Å². The SMILES string of the molecule is CCC(C)(C)c1ccc(CN(C#N)c2nncs2)cc1. The molecule has 0 N–H and O–H groups in total. The molecule has 1 heterocycles. The predicted octanol–water partition coefficient (Wildman–Crippen LogP) is 3.71. The fraction of sp³-hybridized carbons (Fsp3) is 0.400. The molecular formula is C15H18N4S. The summed E-state index contributed by atoms with van der Waals surface area (Å²) in [6.45, 7) is 7.20. The van der Waals surface area contributed by atoms with Crippen molar-refractivity contribution >= 4 is 16.5 Å². The van der Waals surface area contributed by atoms with E-state index in [-0.39, 0.29) is 5.41 Å². The number of rotatable bonds is 5. The molecule has 0 aliphatic rings. The zero-order valence-electron chi connectivity index (χ0n) is 12.0. The predicted molar refractivity (Wildman–Crippen MR) is 81.5 cm³/mol. The van der Waals surface area contributed by atoms with Crippen LogP contribution in [-0.2, 0) is 12.0 Å². The van der Waals surface area contributed by atoms with Crippen LogP contribution in [-0.4, -0.2) is 10.2 Å². The summed E-state index contributed by atoms with van der Waals surface area (Å²) in [5.74, 6) is 0. The fourth-order valence-corrected chi connectivity index (χ4v) is 2.39. The van der Waals surface area contributed by atoms with Crippen molar-refractivity contribution in [3.8, 4) is 6.19 Å². The second kappa shape index (κ2) is 6.02. The van der Waals surface area contributed by atoms with Crippen molar-refractivity contribution in [2.75, 3.05) is 4.90 Å². The number of nitrogens with zero attached hydrogens (tertiary/aromatic N) is 4. The van der Waals surface area contributed by atoms with Crippen LogP contribution < -0.4 is 4.90 Å². The Hall–Kier alpha value is -1.93. The largest absolute Gasteiger partial charge is 0.249 e. The van der Waals surface area contributed by atoms with Gasteiger partial charge in [-0.05, 0) is 23.0 Å². The highest BCUT2D eigenvalue weighted by Gasteiger charge is 2.18. The van der Waals surface area contributed by atoms with Crippen LogP contribution in [0.3, 0.4) is 0 Å². The Morgan fingerprint density at radius 1 is 1.30 bits per heavy atom. The number of aromatic nitrogens is 2. The third-order valence-electron chi connectivity index (χ3n) is 3.66. The Balaban J connectivity index is 2.13. The van der Waals surface area contributed by atoms with Crippen molar-refractivity contribution in [2.45, 2.75) is 39.2 Å². The maximum Gasteiger partial charge on any atom is 0.221 e. The van der Waals surface area contributed by atoms with Crippen LogP contribution in [0.1, 0.15) is 38.3 Å². The van der Waals surface area contributed by atoms with E-state index in [0.717, 1.165) is 12.0 Å². The summed E-state index contributed by atoms with van der Waals surface area (Å²) < 4.78 is 0. The first-order chi connectivity index (χ1) is 9.56. The van der Waals surface area contributed by atoms with Crippen LogP contribution >= 0.6 is 11.3 Å². The molecule has 4 nitrogen and oxygen atoms in total. The third-order valence-corrected chi connectivity index (χ3v) is 4.37. The lowest BCUT2D eigenvalue weighted by molar-refractivity contribution is 0.506. The lowest BCUT2D eigenvalue weighted by Crippen LogP contribution is -2.17. The summed E-state index contributed by atoms with van der Waals surface area (Å²) in [4.78, 5) is 1.55. The maximum atomic E-state index is 9.20. The van der Waals surface area contributed by atoms with Crippen molar-refractivity contribution in [2.24, 2.45) is 0 Å². The lowest BCUT2D eigenvalue weighted by atomic mass is 9.82. The molecule has 0 amide bonds. The van der Waals surface area contributed by atoms with Crippen molar-refractivity contribution in [1.82, 2.24) is 10.2 Å². The summed E-state index contributed by atoms with van der Waals surface area (Å²) in [5.41, 5.74) is 4.24. The summed E-state index contributed by atoms with van der Waals surface area (Å²) in [6.07, 6.45) is 3.25. The second-order valence-corrected chi connectivity index (χ2v) is 6.15. The zero-order valence-corrected chi connectivity index (χ0v) is 12.8. The molecule has 2 rings (SSSR count). The van der Waals surface area contributed by atoms with Crippen LogP contribution in [0.25, 0.3) is 0 Å². The Morgan fingerprint density at radius 3 is 2.50 bits per heavy atom. The van der Waals surface area contributed by atoms with Gasteiger partial charge in [0.2, 0.25) is 5.13 Å². The van der Waals surface area contributed by atoms with Gasteiger partial charge in [0.25, 0.3) is 0 Å². The summed E-state index contributed by atoms with van der Waals surface area (Å²) >= 11 is 1.37. The molecule has 0 aliphatic carbocycles. The first-order valence-electron chi connectivity index (χ1n) is 6.59. The van der Waals surface area contributed by atoms with E-state index >= 15 is 0 Å². The van der Waals surface area contributed by atoms with Crippen LogP contribution in [0.5, 0.6) is 0 Å². The molecule has 0 saturated carbocycles. The van der Waals surface area contributed by atoms with Gasteiger partial charge >= 0.3 is 0 Å². The molecule has 0 unspecified atom stereocenters. The van der Waals surface area contributed by atoms with Gasteiger partial charge in [0, 0.05) is 0 Å².